The molecule has 0 atom stereocenters. The van der Waals surface area contributed by atoms with E-state index in [-0.39, 0.29) is 5.39 Å². The Labute approximate surface area is 115 Å². The van der Waals surface area contributed by atoms with E-state index in [0.717, 1.165) is 6.21 Å². The third-order valence-corrected chi connectivity index (χ3v) is 2.57. The molecule has 0 bridgehead atoms. The zero-order valence-electron chi connectivity index (χ0n) is 10.7. The van der Waals surface area contributed by atoms with Crippen molar-refractivity contribution in [1.82, 2.24) is 10.4 Å². The van der Waals surface area contributed by atoms with Crippen LogP contribution in [0.1, 0.15) is 11.1 Å². The number of alkyl halides is 3. The fourth-order valence-corrected chi connectivity index (χ4v) is 1.74. The van der Waals surface area contributed by atoms with E-state index in [1.54, 1.807) is 13.0 Å². The molecule has 0 radical (unpaired) electrons. The fourth-order valence-electron chi connectivity index (χ4n) is 1.74. The van der Waals surface area contributed by atoms with E-state index in [0.29, 0.717) is 16.6 Å². The third kappa shape index (κ3) is 3.71. The van der Waals surface area contributed by atoms with Crippen molar-refractivity contribution in [3.8, 4) is 0 Å². The number of nitrogens with one attached hydrogen (secondary N) is 2. The lowest BCUT2D eigenvalue weighted by molar-refractivity contribution is -0.124. The maximum absolute atomic E-state index is 11.9. The number of aromatic amines is 1. The van der Waals surface area contributed by atoms with Gasteiger partial charge in [0, 0.05) is 0 Å². The van der Waals surface area contributed by atoms with E-state index in [9.17, 15) is 22.8 Å². The molecule has 2 rings (SSSR count). The number of nitrogens with zero attached hydrogens (tertiary/aromatic N) is 1. The number of hydrogen-bond donors (Lipinski definition) is 2. The number of benzene rings is 1. The molecule has 9 heteroatoms. The van der Waals surface area contributed by atoms with Gasteiger partial charge in [-0.15, -0.1) is 0 Å². The van der Waals surface area contributed by atoms with Gasteiger partial charge in [-0.25, -0.2) is 9.59 Å². The van der Waals surface area contributed by atoms with Gasteiger partial charge in [0.05, 0.1) is 17.1 Å². The zero-order valence-corrected chi connectivity index (χ0v) is 10.7. The second kappa shape index (κ2) is 5.43. The molecule has 1 aromatic heterocycles. The van der Waals surface area contributed by atoms with E-state index in [4.69, 9.17) is 0 Å². The summed E-state index contributed by atoms with van der Waals surface area (Å²) in [5.74, 6) is -0.871. The first-order valence-electron chi connectivity index (χ1n) is 5.77. The van der Waals surface area contributed by atoms with Crippen molar-refractivity contribution < 1.29 is 17.6 Å². The highest BCUT2D eigenvalue weighted by atomic mass is 19.4. The minimum absolute atomic E-state index is 0.117. The van der Waals surface area contributed by atoms with E-state index in [1.165, 1.54) is 6.07 Å². The normalized spacial score (nSPS) is 12.2. The number of H-pyrrole nitrogens is 1. The highest BCUT2D eigenvalue weighted by molar-refractivity contribution is 5.89. The van der Waals surface area contributed by atoms with Crippen LogP contribution in [0.25, 0.3) is 10.9 Å². The predicted octanol–water partition coefficient (Wildman–Crippen LogP) is 1.28. The average Bonchev–Trinajstić information content (AvgIpc) is 2.35. The number of rotatable bonds is 3. The van der Waals surface area contributed by atoms with Crippen LogP contribution in [0.3, 0.4) is 0 Å². The number of aryl methyl sites for hydroxylation is 1. The molecule has 0 aliphatic heterocycles. The Morgan fingerprint density at radius 3 is 2.76 bits per heavy atom. The minimum Gasteiger partial charge on any atom is -0.372 e. The molecule has 0 aliphatic carbocycles. The highest BCUT2D eigenvalue weighted by Gasteiger charge is 2.26. The maximum Gasteiger partial charge on any atom is 0.419 e. The lowest BCUT2D eigenvalue weighted by atomic mass is 10.1. The van der Waals surface area contributed by atoms with Crippen molar-refractivity contribution >= 4 is 17.1 Å². The summed E-state index contributed by atoms with van der Waals surface area (Å²) in [4.78, 5) is 25.0. The lowest BCUT2D eigenvalue weighted by Gasteiger charge is -2.05. The molecule has 112 valence electrons. The van der Waals surface area contributed by atoms with Crippen LogP contribution in [0.15, 0.2) is 31.2 Å². The van der Waals surface area contributed by atoms with E-state index in [2.05, 4.69) is 14.5 Å². The topological polar surface area (TPSA) is 87.5 Å². The molecule has 21 heavy (non-hydrogen) atoms. The molecule has 0 spiro atoms. The fraction of sp³-hybridized carbons (Fsp3) is 0.250. The van der Waals surface area contributed by atoms with Crippen molar-refractivity contribution in [2.45, 2.75) is 13.1 Å². The second-order valence-electron chi connectivity index (χ2n) is 4.27. The summed E-state index contributed by atoms with van der Waals surface area (Å²) in [7, 11) is 0. The van der Waals surface area contributed by atoms with Crippen molar-refractivity contribution in [3.63, 3.8) is 0 Å². The summed E-state index contributed by atoms with van der Waals surface area (Å²) in [6, 6.07) is 2.93. The molecular formula is C12H10F3N3O3. The smallest absolute Gasteiger partial charge is 0.372 e. The Hall–Kier alpha value is -2.58. The van der Waals surface area contributed by atoms with Crippen LogP contribution < -0.4 is 16.8 Å². The summed E-state index contributed by atoms with van der Waals surface area (Å²) in [5, 5.41) is 3.54. The van der Waals surface area contributed by atoms with Gasteiger partial charge in [-0.1, -0.05) is 0 Å². The molecule has 2 aromatic rings. The molecule has 1 aromatic carbocycles. The molecule has 6 nitrogen and oxygen atoms in total. The van der Waals surface area contributed by atoms with Gasteiger partial charge in [0.25, 0.3) is 0 Å². The molecule has 0 unspecified atom stereocenters. The summed E-state index contributed by atoms with van der Waals surface area (Å²) in [5.41, 5.74) is 2.30. The Morgan fingerprint density at radius 2 is 2.10 bits per heavy atom. The molecule has 0 fully saturated rings. The Kier molecular flexibility index (Phi) is 3.83. The van der Waals surface area contributed by atoms with E-state index < -0.39 is 24.1 Å². The van der Waals surface area contributed by atoms with Gasteiger partial charge in [-0.2, -0.15) is 18.3 Å². The van der Waals surface area contributed by atoms with Crippen LogP contribution >= 0.6 is 0 Å². The lowest BCUT2D eigenvalue weighted by Crippen LogP contribution is -2.25. The van der Waals surface area contributed by atoms with Gasteiger partial charge >= 0.3 is 17.6 Å². The van der Waals surface area contributed by atoms with Gasteiger partial charge in [0.15, 0.2) is 0 Å². The standard InChI is InChI=1S/C12H10F3N3O3/c1-6-2-7(4-16-17-5-12(13,14)15)3-8-9(6)18-11(20)21-10(8)19/h2-4,17H,5H2,1H3,(H,18,20)/b16-4+. The molecule has 1 heterocycles. The number of hydrazone groups is 1. The number of hydrogen-bond acceptors (Lipinski definition) is 5. The van der Waals surface area contributed by atoms with Crippen LogP contribution in [-0.4, -0.2) is 23.9 Å². The molecular weight excluding hydrogens is 291 g/mol. The SMILES string of the molecule is Cc1cc(/C=N/NCC(F)(F)F)cc2c(=O)oc(=O)[nH]c12. The van der Waals surface area contributed by atoms with Crippen molar-refractivity contribution in [2.24, 2.45) is 5.10 Å². The van der Waals surface area contributed by atoms with Gasteiger partial charge in [0.1, 0.15) is 6.54 Å². The monoisotopic (exact) mass is 301 g/mol. The van der Waals surface area contributed by atoms with E-state index in [1.807, 2.05) is 5.43 Å². The van der Waals surface area contributed by atoms with Crippen LogP contribution in [0.5, 0.6) is 0 Å². The van der Waals surface area contributed by atoms with Gasteiger partial charge < -0.3 is 9.84 Å². The van der Waals surface area contributed by atoms with Gasteiger partial charge in [-0.3, -0.25) is 4.98 Å². The third-order valence-electron chi connectivity index (χ3n) is 2.57. The summed E-state index contributed by atoms with van der Waals surface area (Å²) in [6.07, 6.45) is -3.22. The molecule has 0 aliphatic rings. The number of halogens is 3. The van der Waals surface area contributed by atoms with Crippen LogP contribution in [-0.2, 0) is 0 Å². The second-order valence-corrected chi connectivity index (χ2v) is 4.27. The maximum atomic E-state index is 11.9. The summed E-state index contributed by atoms with van der Waals surface area (Å²) in [6.45, 7) is 0.379. The minimum atomic E-state index is -4.36. The predicted molar refractivity (Wildman–Crippen MR) is 69.5 cm³/mol. The Morgan fingerprint density at radius 1 is 1.38 bits per heavy atom. The van der Waals surface area contributed by atoms with Gasteiger partial charge in [0.2, 0.25) is 0 Å². The molecule has 0 amide bonds. The van der Waals surface area contributed by atoms with Crippen LogP contribution in [0.4, 0.5) is 13.2 Å². The van der Waals surface area contributed by atoms with Crippen LogP contribution in [0.2, 0.25) is 0 Å². The number of aromatic nitrogens is 1. The number of fused-ring (bicyclic) bond motifs is 1. The highest BCUT2D eigenvalue weighted by Crippen LogP contribution is 2.14. The largest absolute Gasteiger partial charge is 0.419 e. The van der Waals surface area contributed by atoms with Crippen molar-refractivity contribution in [1.29, 1.82) is 0 Å². The van der Waals surface area contributed by atoms with Crippen molar-refractivity contribution in [2.75, 3.05) is 6.54 Å². The molecule has 0 saturated heterocycles. The first-order valence-corrected chi connectivity index (χ1v) is 5.77. The van der Waals surface area contributed by atoms with Crippen molar-refractivity contribution in [3.05, 3.63) is 44.2 Å². The first-order chi connectivity index (χ1) is 9.76. The quantitative estimate of drug-likeness (QED) is 0.660. The van der Waals surface area contributed by atoms with Gasteiger partial charge in [-0.05, 0) is 30.2 Å². The Bertz CT molecular complexity index is 805. The van der Waals surface area contributed by atoms with Crippen LogP contribution in [0, 0.1) is 6.92 Å². The zero-order chi connectivity index (χ0) is 15.6. The molecule has 0 saturated carbocycles. The Balaban J connectivity index is 2.33. The van der Waals surface area contributed by atoms with E-state index >= 15 is 0 Å². The molecule has 2 N–H and O–H groups in total. The summed E-state index contributed by atoms with van der Waals surface area (Å²) < 4.78 is 40.2. The first kappa shape index (κ1) is 14.8. The average molecular weight is 301 g/mol. The summed E-state index contributed by atoms with van der Waals surface area (Å²) >= 11 is 0.